The molecule has 0 radical (unpaired) electrons. The lowest BCUT2D eigenvalue weighted by Crippen LogP contribution is -2.60. The van der Waals surface area contributed by atoms with E-state index in [1.165, 1.54) is 38.1 Å². The highest BCUT2D eigenvalue weighted by atomic mass is 16.7. The van der Waals surface area contributed by atoms with E-state index in [9.17, 15) is 76.6 Å². The Bertz CT molecular complexity index is 1980. The normalized spacial score (nSPS) is 34.2. The van der Waals surface area contributed by atoms with Gasteiger partial charge in [-0.3, -0.25) is 0 Å². The van der Waals surface area contributed by atoms with Gasteiger partial charge in [0, 0.05) is 22.8 Å². The Morgan fingerprint density at radius 2 is 0.902 bits per heavy atom. The maximum atomic E-state index is 11.5. The molecule has 3 heterocycles. The molecule has 3 aromatic carbocycles. The van der Waals surface area contributed by atoms with E-state index in [0.29, 0.717) is 0 Å². The highest BCUT2D eigenvalue weighted by molar-refractivity contribution is 5.81. The van der Waals surface area contributed by atoms with Crippen molar-refractivity contribution >= 4 is 0 Å². The first-order valence-corrected chi connectivity index (χ1v) is 19.0. The first-order chi connectivity index (χ1) is 28.9. The summed E-state index contributed by atoms with van der Waals surface area (Å²) in [7, 11) is 0. The fourth-order valence-corrected chi connectivity index (χ4v) is 7.07. The molecule has 15 atom stereocenters. The van der Waals surface area contributed by atoms with Crippen molar-refractivity contribution < 1.29 is 110 Å². The van der Waals surface area contributed by atoms with E-state index < -0.39 is 124 Å². The van der Waals surface area contributed by atoms with Crippen molar-refractivity contribution in [2.45, 2.75) is 113 Å². The molecular formula is C39H50O22. The highest BCUT2D eigenvalue weighted by Gasteiger charge is 2.47. The fraction of sp³-hybridized carbons (Fsp3) is 0.538. The first kappa shape index (κ1) is 46.3. The topological polar surface area (TPSA) is 368 Å². The van der Waals surface area contributed by atoms with Crippen molar-refractivity contribution in [2.24, 2.45) is 0 Å². The number of phenolic OH excluding ortho intramolecular Hbond substituents is 2. The number of hydrogen-bond donors (Lipinski definition) is 15. The van der Waals surface area contributed by atoms with Gasteiger partial charge in [0.1, 0.15) is 102 Å². The second kappa shape index (κ2) is 19.1. The zero-order valence-corrected chi connectivity index (χ0v) is 32.5. The van der Waals surface area contributed by atoms with Gasteiger partial charge < -0.3 is 110 Å². The van der Waals surface area contributed by atoms with Crippen LogP contribution in [-0.4, -0.2) is 189 Å². The Kier molecular flexibility index (Phi) is 14.5. The van der Waals surface area contributed by atoms with Gasteiger partial charge in [0.25, 0.3) is 0 Å². The summed E-state index contributed by atoms with van der Waals surface area (Å²) >= 11 is 0. The van der Waals surface area contributed by atoms with Gasteiger partial charge in [0.05, 0.1) is 26.4 Å². The van der Waals surface area contributed by atoms with E-state index in [2.05, 4.69) is 0 Å². The SMILES string of the molecule is Cc1cc(O[C@@H]2O[C@H](CO)[C@@H](O)[C@H](O)[C@H]2O)cc(-c2cc(O[C@@H]3O[C@H](CO)[C@@H](O)[C@H](O)[C@H]3O)cc(C)c2Oc2cc(O[C@@H]3O[C@H](CO)[C@@H](O)[C@H](O)[C@H]3O)c(CO)cc2O)c1O. The molecule has 0 aromatic heterocycles. The summed E-state index contributed by atoms with van der Waals surface area (Å²) in [6, 6.07) is 7.38. The number of benzene rings is 3. The number of rotatable bonds is 13. The van der Waals surface area contributed by atoms with Crippen molar-refractivity contribution in [3.8, 4) is 51.4 Å². The fourth-order valence-electron chi connectivity index (χ4n) is 7.07. The first-order valence-electron chi connectivity index (χ1n) is 19.0. The summed E-state index contributed by atoms with van der Waals surface area (Å²) in [5.74, 6) is -1.90. The minimum atomic E-state index is -1.85. The van der Waals surface area contributed by atoms with Crippen LogP contribution < -0.4 is 18.9 Å². The molecule has 0 unspecified atom stereocenters. The Hall–Kier alpha value is -4.18. The molecule has 3 aliphatic heterocycles. The molecule has 3 saturated heterocycles. The van der Waals surface area contributed by atoms with Crippen LogP contribution in [0, 0.1) is 13.8 Å². The third kappa shape index (κ3) is 9.30. The summed E-state index contributed by atoms with van der Waals surface area (Å²) in [6.45, 7) is -0.0152. The van der Waals surface area contributed by atoms with E-state index in [1.54, 1.807) is 0 Å². The maximum Gasteiger partial charge on any atom is 0.229 e. The van der Waals surface area contributed by atoms with E-state index in [4.69, 9.17) is 33.2 Å². The lowest BCUT2D eigenvalue weighted by atomic mass is 9.97. The van der Waals surface area contributed by atoms with Gasteiger partial charge >= 0.3 is 0 Å². The smallest absolute Gasteiger partial charge is 0.229 e. The molecule has 15 N–H and O–H groups in total. The van der Waals surface area contributed by atoms with E-state index in [0.717, 1.165) is 12.1 Å². The molecule has 0 saturated carbocycles. The van der Waals surface area contributed by atoms with Gasteiger partial charge in [0.15, 0.2) is 11.5 Å². The number of aromatic hydroxyl groups is 2. The molecule has 0 spiro atoms. The van der Waals surface area contributed by atoms with Crippen LogP contribution in [0.25, 0.3) is 11.1 Å². The van der Waals surface area contributed by atoms with Gasteiger partial charge in [-0.2, -0.15) is 0 Å². The largest absolute Gasteiger partial charge is 0.507 e. The molecule has 3 aromatic rings. The van der Waals surface area contributed by atoms with Crippen LogP contribution in [0.3, 0.4) is 0 Å². The predicted molar refractivity (Wildman–Crippen MR) is 200 cm³/mol. The molecule has 22 heteroatoms. The average molecular weight is 871 g/mol. The minimum Gasteiger partial charge on any atom is -0.507 e. The predicted octanol–water partition coefficient (Wildman–Crippen LogP) is -3.80. The van der Waals surface area contributed by atoms with Gasteiger partial charge in [-0.1, -0.05) is 0 Å². The zero-order chi connectivity index (χ0) is 44.6. The standard InChI is InChI=1S/C39H50O22/c1-13-3-16(55-37-33(52)30(49)27(46)23(10-41)59-37)6-18(26(13)45)19-7-17(56-38-34(53)31(50)28(47)24(11-42)60-38)4-14(2)36(19)57-22-8-21(15(9-40)5-20(22)44)58-39-35(54)32(51)29(48)25(12-43)61-39/h3-8,23-25,27-35,37-54H,9-12H2,1-2H3/t23-,24-,25-,27-,28-,29-,30+,31+,32+,33-,34-,35-,37-,38-,39-/m1/s1. The van der Waals surface area contributed by atoms with E-state index in [-0.39, 0.29) is 62.3 Å². The van der Waals surface area contributed by atoms with Gasteiger partial charge in [0.2, 0.25) is 18.9 Å². The highest BCUT2D eigenvalue weighted by Crippen LogP contribution is 2.48. The van der Waals surface area contributed by atoms with Crippen LogP contribution >= 0.6 is 0 Å². The third-order valence-corrected chi connectivity index (χ3v) is 10.6. The Morgan fingerprint density at radius 3 is 1.34 bits per heavy atom. The lowest BCUT2D eigenvalue weighted by Gasteiger charge is -2.39. The number of phenols is 2. The number of aryl methyl sites for hydroxylation is 2. The zero-order valence-electron chi connectivity index (χ0n) is 32.5. The number of ether oxygens (including phenoxy) is 7. The van der Waals surface area contributed by atoms with Crippen molar-refractivity contribution in [2.75, 3.05) is 19.8 Å². The van der Waals surface area contributed by atoms with Crippen molar-refractivity contribution in [1.29, 1.82) is 0 Å². The van der Waals surface area contributed by atoms with Gasteiger partial charge in [-0.05, 0) is 55.3 Å². The van der Waals surface area contributed by atoms with Crippen molar-refractivity contribution in [3.05, 3.63) is 53.1 Å². The lowest BCUT2D eigenvalue weighted by molar-refractivity contribution is -0.277. The van der Waals surface area contributed by atoms with Gasteiger partial charge in [-0.25, -0.2) is 0 Å². The van der Waals surface area contributed by atoms with Crippen LogP contribution in [-0.2, 0) is 20.8 Å². The van der Waals surface area contributed by atoms with Crippen molar-refractivity contribution in [1.82, 2.24) is 0 Å². The summed E-state index contributed by atoms with van der Waals surface area (Å²) < 4.78 is 40.3. The van der Waals surface area contributed by atoms with Crippen LogP contribution in [0.1, 0.15) is 16.7 Å². The Labute approximate surface area is 346 Å². The molecule has 338 valence electrons. The monoisotopic (exact) mass is 870 g/mol. The van der Waals surface area contributed by atoms with Crippen LogP contribution in [0.15, 0.2) is 36.4 Å². The molecule has 61 heavy (non-hydrogen) atoms. The minimum absolute atomic E-state index is 0.0403. The molecule has 22 nitrogen and oxygen atoms in total. The molecule has 0 bridgehead atoms. The van der Waals surface area contributed by atoms with E-state index in [1.807, 2.05) is 0 Å². The summed E-state index contributed by atoms with van der Waals surface area (Å²) in [5, 5.41) is 156. The molecule has 0 aliphatic carbocycles. The molecule has 0 amide bonds. The number of aliphatic hydroxyl groups excluding tert-OH is 13. The molecule has 3 fully saturated rings. The van der Waals surface area contributed by atoms with Crippen LogP contribution in [0.2, 0.25) is 0 Å². The number of aliphatic hydroxyl groups is 13. The van der Waals surface area contributed by atoms with Crippen LogP contribution in [0.5, 0.6) is 40.2 Å². The summed E-state index contributed by atoms with van der Waals surface area (Å²) in [6.07, 6.45) is -25.0. The third-order valence-electron chi connectivity index (χ3n) is 10.6. The Balaban J connectivity index is 1.43. The second-order valence-electron chi connectivity index (χ2n) is 14.9. The quantitative estimate of drug-likeness (QED) is 0.0783. The molecule has 3 aliphatic rings. The average Bonchev–Trinajstić information content (AvgIpc) is 3.24. The molecular weight excluding hydrogens is 820 g/mol. The number of hydrogen-bond acceptors (Lipinski definition) is 22. The van der Waals surface area contributed by atoms with Gasteiger partial charge in [-0.15, -0.1) is 0 Å². The van der Waals surface area contributed by atoms with E-state index >= 15 is 0 Å². The maximum absolute atomic E-state index is 11.5. The summed E-state index contributed by atoms with van der Waals surface area (Å²) in [5.41, 5.74) is 0.166. The van der Waals surface area contributed by atoms with Crippen LogP contribution in [0.4, 0.5) is 0 Å². The van der Waals surface area contributed by atoms with Crippen molar-refractivity contribution in [3.63, 3.8) is 0 Å². The second-order valence-corrected chi connectivity index (χ2v) is 14.9. The summed E-state index contributed by atoms with van der Waals surface area (Å²) in [4.78, 5) is 0. The Morgan fingerprint density at radius 1 is 0.475 bits per heavy atom. The molecule has 6 rings (SSSR count).